The molecule has 0 heterocycles. The summed E-state index contributed by atoms with van der Waals surface area (Å²) in [5.74, 6) is -0.305. The van der Waals surface area contributed by atoms with Crippen LogP contribution in [0, 0.1) is 0 Å². The minimum Gasteiger partial charge on any atom is -0.462 e. The number of rotatable bonds is 9. The summed E-state index contributed by atoms with van der Waals surface area (Å²) >= 11 is 0. The molecule has 0 aliphatic heterocycles. The predicted molar refractivity (Wildman–Crippen MR) is 65.3 cm³/mol. The predicted octanol–water partition coefficient (Wildman–Crippen LogP) is 3.09. The molecule has 0 rings (SSSR count). The Morgan fingerprint density at radius 1 is 1.31 bits per heavy atom. The van der Waals surface area contributed by atoms with Gasteiger partial charge in [-0.25, -0.2) is 4.79 Å². The molecule has 1 atom stereocenters. The van der Waals surface area contributed by atoms with E-state index in [1.165, 1.54) is 0 Å². The van der Waals surface area contributed by atoms with Gasteiger partial charge in [-0.2, -0.15) is 0 Å². The Balaban J connectivity index is 3.27. The molecule has 0 saturated heterocycles. The molecule has 1 unspecified atom stereocenters. The maximum atomic E-state index is 11.0. The summed E-state index contributed by atoms with van der Waals surface area (Å²) in [5.41, 5.74) is 0.452. The third-order valence-corrected chi connectivity index (χ3v) is 2.22. The molecule has 3 nitrogen and oxygen atoms in total. The molecule has 0 bridgehead atoms. The van der Waals surface area contributed by atoms with Crippen molar-refractivity contribution < 1.29 is 14.3 Å². The zero-order chi connectivity index (χ0) is 12.4. The quantitative estimate of drug-likeness (QED) is 0.345. The average Bonchev–Trinajstić information content (AvgIpc) is 2.23. The first-order valence-electron chi connectivity index (χ1n) is 6.02. The number of carbonyl (C=O) groups is 1. The minimum absolute atomic E-state index is 0.305. The molecule has 0 saturated carbocycles. The van der Waals surface area contributed by atoms with Crippen LogP contribution in [0.15, 0.2) is 12.2 Å². The van der Waals surface area contributed by atoms with E-state index >= 15 is 0 Å². The van der Waals surface area contributed by atoms with Crippen molar-refractivity contribution in [2.45, 2.75) is 52.6 Å². The van der Waals surface area contributed by atoms with Crippen LogP contribution in [-0.2, 0) is 14.3 Å². The lowest BCUT2D eigenvalue weighted by molar-refractivity contribution is -0.139. The monoisotopic (exact) mass is 228 g/mol. The van der Waals surface area contributed by atoms with Crippen LogP contribution in [0.4, 0.5) is 0 Å². The molecule has 0 aromatic heterocycles. The van der Waals surface area contributed by atoms with Gasteiger partial charge in [-0.1, -0.05) is 19.9 Å². The molecule has 0 aliphatic rings. The highest BCUT2D eigenvalue weighted by atomic mass is 16.5. The first-order chi connectivity index (χ1) is 7.57. The fourth-order valence-electron chi connectivity index (χ4n) is 1.27. The number of hydrogen-bond donors (Lipinski definition) is 0. The van der Waals surface area contributed by atoms with Crippen LogP contribution in [0.25, 0.3) is 0 Å². The summed E-state index contributed by atoms with van der Waals surface area (Å²) in [6, 6.07) is 0. The fraction of sp³-hybridized carbons (Fsp3) is 0.769. The highest BCUT2D eigenvalue weighted by Crippen LogP contribution is 2.02. The third-order valence-electron chi connectivity index (χ3n) is 2.22. The molecule has 0 aromatic rings. The first kappa shape index (κ1) is 15.2. The second-order valence-corrected chi connectivity index (χ2v) is 4.09. The van der Waals surface area contributed by atoms with E-state index in [0.717, 1.165) is 32.3 Å². The Hall–Kier alpha value is -0.830. The maximum Gasteiger partial charge on any atom is 0.333 e. The highest BCUT2D eigenvalue weighted by molar-refractivity contribution is 5.86. The van der Waals surface area contributed by atoms with Gasteiger partial charge in [0, 0.05) is 12.2 Å². The van der Waals surface area contributed by atoms with Gasteiger partial charge in [0.15, 0.2) is 0 Å². The largest absolute Gasteiger partial charge is 0.462 e. The number of unbranched alkanes of at least 4 members (excludes halogenated alkanes) is 1. The Labute approximate surface area is 98.8 Å². The van der Waals surface area contributed by atoms with Gasteiger partial charge in [0.1, 0.15) is 0 Å². The Morgan fingerprint density at radius 2 is 1.94 bits per heavy atom. The van der Waals surface area contributed by atoms with Gasteiger partial charge in [0.25, 0.3) is 0 Å². The van der Waals surface area contributed by atoms with Crippen molar-refractivity contribution in [1.29, 1.82) is 0 Å². The van der Waals surface area contributed by atoms with E-state index in [1.54, 1.807) is 6.92 Å². The van der Waals surface area contributed by atoms with Crippen molar-refractivity contribution in [2.75, 3.05) is 13.2 Å². The van der Waals surface area contributed by atoms with Crippen LogP contribution in [0.2, 0.25) is 0 Å². The van der Waals surface area contributed by atoms with Gasteiger partial charge in [-0.3, -0.25) is 0 Å². The molecule has 0 aromatic carbocycles. The van der Waals surface area contributed by atoms with Crippen molar-refractivity contribution in [3.63, 3.8) is 0 Å². The van der Waals surface area contributed by atoms with E-state index < -0.39 is 0 Å². The van der Waals surface area contributed by atoms with Gasteiger partial charge in [0.05, 0.1) is 12.7 Å². The Bertz CT molecular complexity index is 211. The van der Waals surface area contributed by atoms with Gasteiger partial charge in [-0.15, -0.1) is 0 Å². The number of esters is 1. The summed E-state index contributed by atoms with van der Waals surface area (Å²) in [7, 11) is 0. The van der Waals surface area contributed by atoms with E-state index in [9.17, 15) is 4.79 Å². The molecule has 0 N–H and O–H groups in total. The standard InChI is InChI=1S/C13H24O3/c1-5-8-12(4)15-9-6-7-10-16-13(14)11(2)3/h12H,2,5-10H2,1,3-4H3. The van der Waals surface area contributed by atoms with Crippen molar-refractivity contribution >= 4 is 5.97 Å². The lowest BCUT2D eigenvalue weighted by Gasteiger charge is -2.11. The van der Waals surface area contributed by atoms with Gasteiger partial charge >= 0.3 is 5.97 Å². The van der Waals surface area contributed by atoms with E-state index in [0.29, 0.717) is 18.3 Å². The molecule has 3 heteroatoms. The van der Waals surface area contributed by atoms with Crippen LogP contribution < -0.4 is 0 Å². The van der Waals surface area contributed by atoms with Gasteiger partial charge in [0.2, 0.25) is 0 Å². The molecular weight excluding hydrogens is 204 g/mol. The third kappa shape index (κ3) is 8.48. The van der Waals surface area contributed by atoms with E-state index in [-0.39, 0.29) is 5.97 Å². The van der Waals surface area contributed by atoms with Crippen molar-refractivity contribution in [3.05, 3.63) is 12.2 Å². The van der Waals surface area contributed by atoms with E-state index in [1.807, 2.05) is 0 Å². The topological polar surface area (TPSA) is 35.5 Å². The zero-order valence-electron chi connectivity index (χ0n) is 10.8. The first-order valence-corrected chi connectivity index (χ1v) is 6.02. The smallest absolute Gasteiger partial charge is 0.333 e. The van der Waals surface area contributed by atoms with Crippen molar-refractivity contribution in [1.82, 2.24) is 0 Å². The van der Waals surface area contributed by atoms with E-state index in [4.69, 9.17) is 9.47 Å². The molecule has 0 amide bonds. The maximum absolute atomic E-state index is 11.0. The summed E-state index contributed by atoms with van der Waals surface area (Å²) in [5, 5.41) is 0. The molecule has 16 heavy (non-hydrogen) atoms. The van der Waals surface area contributed by atoms with Crippen LogP contribution >= 0.6 is 0 Å². The average molecular weight is 228 g/mol. The zero-order valence-corrected chi connectivity index (χ0v) is 10.8. The highest BCUT2D eigenvalue weighted by Gasteiger charge is 2.02. The van der Waals surface area contributed by atoms with E-state index in [2.05, 4.69) is 20.4 Å². The second-order valence-electron chi connectivity index (χ2n) is 4.09. The molecule has 0 fully saturated rings. The van der Waals surface area contributed by atoms with Crippen LogP contribution in [0.5, 0.6) is 0 Å². The summed E-state index contributed by atoms with van der Waals surface area (Å²) in [6.45, 7) is 10.6. The summed E-state index contributed by atoms with van der Waals surface area (Å²) in [4.78, 5) is 11.0. The van der Waals surface area contributed by atoms with Crippen LogP contribution in [0.1, 0.15) is 46.5 Å². The van der Waals surface area contributed by atoms with Crippen molar-refractivity contribution in [2.24, 2.45) is 0 Å². The Kier molecular flexibility index (Phi) is 8.91. The number of carbonyl (C=O) groups excluding carboxylic acids is 1. The normalized spacial score (nSPS) is 12.2. The molecule has 94 valence electrons. The van der Waals surface area contributed by atoms with Gasteiger partial charge in [-0.05, 0) is 33.1 Å². The fourth-order valence-corrected chi connectivity index (χ4v) is 1.27. The molecule has 0 radical (unpaired) electrons. The van der Waals surface area contributed by atoms with Crippen molar-refractivity contribution in [3.8, 4) is 0 Å². The number of hydrogen-bond acceptors (Lipinski definition) is 3. The number of ether oxygens (including phenoxy) is 2. The molecule has 0 spiro atoms. The lowest BCUT2D eigenvalue weighted by Crippen LogP contribution is -2.10. The molecular formula is C13H24O3. The van der Waals surface area contributed by atoms with Crippen LogP contribution in [0.3, 0.4) is 0 Å². The summed E-state index contributed by atoms with van der Waals surface area (Å²) in [6.07, 6.45) is 4.36. The second kappa shape index (κ2) is 9.40. The lowest BCUT2D eigenvalue weighted by atomic mass is 10.2. The molecule has 0 aliphatic carbocycles. The summed E-state index contributed by atoms with van der Waals surface area (Å²) < 4.78 is 10.5. The SMILES string of the molecule is C=C(C)C(=O)OCCCCOC(C)CCC. The Morgan fingerprint density at radius 3 is 2.50 bits per heavy atom. The van der Waals surface area contributed by atoms with Crippen LogP contribution in [-0.4, -0.2) is 25.3 Å². The van der Waals surface area contributed by atoms with Gasteiger partial charge < -0.3 is 9.47 Å². The minimum atomic E-state index is -0.305.